The second kappa shape index (κ2) is 24.2. The van der Waals surface area contributed by atoms with Crippen LogP contribution in [0.2, 0.25) is 0 Å². The summed E-state index contributed by atoms with van der Waals surface area (Å²) in [6.45, 7) is 48.2. The summed E-state index contributed by atoms with van der Waals surface area (Å²) in [4.78, 5) is 43.4. The van der Waals surface area contributed by atoms with Crippen molar-refractivity contribution in [2.75, 3.05) is 19.6 Å². The maximum atomic E-state index is 12.4. The van der Waals surface area contributed by atoms with Crippen molar-refractivity contribution >= 4 is 6.34 Å². The van der Waals surface area contributed by atoms with E-state index < -0.39 is 17.1 Å². The van der Waals surface area contributed by atoms with E-state index in [1.165, 1.54) is 37.1 Å². The Kier molecular flexibility index (Phi) is 23.6. The van der Waals surface area contributed by atoms with Crippen molar-refractivity contribution in [2.24, 2.45) is 26.7 Å². The number of rotatable bonds is 10. The van der Waals surface area contributed by atoms with Gasteiger partial charge in [0, 0.05) is 19.6 Å². The molecular weight excluding hydrogens is 671 g/mol. The van der Waals surface area contributed by atoms with Gasteiger partial charge in [-0.3, -0.25) is 4.99 Å². The number of nitrogens with zero attached hydrogens (tertiary/aromatic N) is 5. The monoisotopic (exact) mass is 754 g/mol. The molecule has 3 rings (SSSR count). The highest BCUT2D eigenvalue weighted by Crippen LogP contribution is 2.22. The van der Waals surface area contributed by atoms with Gasteiger partial charge in [0.05, 0.1) is 26.0 Å². The summed E-state index contributed by atoms with van der Waals surface area (Å²) in [7, 11) is 0. The highest BCUT2D eigenvalue weighted by Gasteiger charge is 2.16. The molecule has 2 heterocycles. The topological polar surface area (TPSA) is 81.6 Å². The molecule has 8 nitrogen and oxygen atoms in total. The molecule has 0 fully saturated rings. The van der Waals surface area contributed by atoms with Gasteiger partial charge in [-0.1, -0.05) is 160 Å². The SMILES string of the molecule is C=CCn1c(=O)n(CC=C)c(=O)n(CCCC(C)(C)C)c1=O.CC(C)(C)C.CC(C)(C)C.CC(C)(C)CCCN1C=NCC1.CC(C)(C)c1ccccc1. The summed E-state index contributed by atoms with van der Waals surface area (Å²) in [5.41, 5.74) is 1.52. The van der Waals surface area contributed by atoms with Crippen LogP contribution in [-0.4, -0.2) is 44.6 Å². The average molecular weight is 754 g/mol. The third-order valence-electron chi connectivity index (χ3n) is 7.09. The predicted octanol–water partition coefficient (Wildman–Crippen LogP) is 10.6. The lowest BCUT2D eigenvalue weighted by Gasteiger charge is -2.20. The van der Waals surface area contributed by atoms with Crippen LogP contribution in [0.4, 0.5) is 0 Å². The molecular formula is C46H83N5O3. The highest BCUT2D eigenvalue weighted by atomic mass is 16.2. The molecule has 54 heavy (non-hydrogen) atoms. The zero-order valence-corrected chi connectivity index (χ0v) is 38.1. The van der Waals surface area contributed by atoms with Crippen molar-refractivity contribution < 1.29 is 0 Å². The molecule has 0 amide bonds. The number of benzene rings is 1. The van der Waals surface area contributed by atoms with Crippen molar-refractivity contribution in [3.8, 4) is 0 Å². The predicted molar refractivity (Wildman–Crippen MR) is 237 cm³/mol. The first kappa shape index (κ1) is 52.7. The van der Waals surface area contributed by atoms with Crippen LogP contribution in [0.25, 0.3) is 0 Å². The maximum Gasteiger partial charge on any atom is 0.336 e. The average Bonchev–Trinajstić information content (AvgIpc) is 3.51. The van der Waals surface area contributed by atoms with Crippen molar-refractivity contribution in [1.29, 1.82) is 0 Å². The fraction of sp³-hybridized carbons (Fsp3) is 0.696. The van der Waals surface area contributed by atoms with Crippen LogP contribution in [0, 0.1) is 21.7 Å². The fourth-order valence-electron chi connectivity index (χ4n) is 4.55. The molecule has 0 aliphatic carbocycles. The lowest BCUT2D eigenvalue weighted by molar-refractivity contribution is 0.336. The number of aromatic nitrogens is 3. The maximum absolute atomic E-state index is 12.4. The van der Waals surface area contributed by atoms with Crippen molar-refractivity contribution in [3.63, 3.8) is 0 Å². The molecule has 0 N–H and O–H groups in total. The first-order valence-electron chi connectivity index (χ1n) is 19.9. The van der Waals surface area contributed by atoms with Gasteiger partial charge in [0.2, 0.25) is 0 Å². The molecule has 0 unspecified atom stereocenters. The summed E-state index contributed by atoms with van der Waals surface area (Å²) < 4.78 is 3.17. The quantitative estimate of drug-likeness (QED) is 0.226. The lowest BCUT2D eigenvalue weighted by Crippen LogP contribution is -2.54. The van der Waals surface area contributed by atoms with Crippen LogP contribution < -0.4 is 17.1 Å². The van der Waals surface area contributed by atoms with Crippen molar-refractivity contribution in [1.82, 2.24) is 18.6 Å². The fourth-order valence-corrected chi connectivity index (χ4v) is 4.55. The molecule has 0 saturated carbocycles. The Balaban J connectivity index is 0. The minimum absolute atomic E-state index is 0.0777. The van der Waals surface area contributed by atoms with E-state index in [-0.39, 0.29) is 18.5 Å². The Morgan fingerprint density at radius 2 is 0.963 bits per heavy atom. The van der Waals surface area contributed by atoms with Gasteiger partial charge in [0.1, 0.15) is 0 Å². The molecule has 0 atom stereocenters. The van der Waals surface area contributed by atoms with Crippen molar-refractivity contribution in [3.05, 3.63) is 92.7 Å². The van der Waals surface area contributed by atoms with E-state index in [0.717, 1.165) is 33.2 Å². The zero-order valence-electron chi connectivity index (χ0n) is 38.1. The van der Waals surface area contributed by atoms with Gasteiger partial charge in [0.15, 0.2) is 0 Å². The van der Waals surface area contributed by atoms with Gasteiger partial charge in [-0.05, 0) is 58.3 Å². The summed E-state index contributed by atoms with van der Waals surface area (Å²) in [5.74, 6) is 0. The van der Waals surface area contributed by atoms with E-state index in [1.807, 2.05) is 6.34 Å². The van der Waals surface area contributed by atoms with Crippen LogP contribution in [0.15, 0.2) is 75.0 Å². The Labute approximate surface area is 331 Å². The lowest BCUT2D eigenvalue weighted by atomic mass is 9.87. The van der Waals surface area contributed by atoms with E-state index in [9.17, 15) is 14.4 Å². The third kappa shape index (κ3) is 29.0. The van der Waals surface area contributed by atoms with Crippen LogP contribution in [0.5, 0.6) is 0 Å². The largest absolute Gasteiger partial charge is 0.361 e. The smallest absolute Gasteiger partial charge is 0.336 e. The van der Waals surface area contributed by atoms with E-state index >= 15 is 0 Å². The van der Waals surface area contributed by atoms with Gasteiger partial charge >= 0.3 is 17.1 Å². The number of hydrogen-bond donors (Lipinski definition) is 0. The van der Waals surface area contributed by atoms with E-state index in [4.69, 9.17) is 0 Å². The molecule has 1 aliphatic heterocycles. The molecule has 0 radical (unpaired) electrons. The summed E-state index contributed by atoms with van der Waals surface area (Å²) >= 11 is 0. The molecule has 2 aromatic rings. The third-order valence-corrected chi connectivity index (χ3v) is 7.09. The zero-order chi connectivity index (χ0) is 42.6. The molecule has 310 valence electrons. The first-order chi connectivity index (χ1) is 24.4. The van der Waals surface area contributed by atoms with E-state index in [0.29, 0.717) is 34.6 Å². The molecule has 1 aliphatic rings. The highest BCUT2D eigenvalue weighted by molar-refractivity contribution is 5.56. The van der Waals surface area contributed by atoms with Crippen LogP contribution in [0.1, 0.15) is 149 Å². The molecule has 8 heteroatoms. The van der Waals surface area contributed by atoms with Crippen LogP contribution >= 0.6 is 0 Å². The van der Waals surface area contributed by atoms with Gasteiger partial charge in [0.25, 0.3) is 0 Å². The van der Waals surface area contributed by atoms with Crippen LogP contribution in [0.3, 0.4) is 0 Å². The second-order valence-electron chi connectivity index (χ2n) is 20.8. The first-order valence-corrected chi connectivity index (χ1v) is 19.9. The number of aliphatic imine (C=N–C) groups is 1. The Morgan fingerprint density at radius 3 is 1.26 bits per heavy atom. The Hall–Kier alpha value is -3.42. The summed E-state index contributed by atoms with van der Waals surface area (Å²) in [6, 6.07) is 10.6. The normalized spacial score (nSPS) is 12.9. The minimum atomic E-state index is -0.623. The number of hydrogen-bond acceptors (Lipinski definition) is 5. The van der Waals surface area contributed by atoms with Crippen LogP contribution in [-0.2, 0) is 25.0 Å². The Morgan fingerprint density at radius 1 is 0.593 bits per heavy atom. The van der Waals surface area contributed by atoms with E-state index in [1.54, 1.807) is 0 Å². The standard InChI is InChI=1S/C16H25N3O3.C10H20N2.C10H14.2C5H12/c1-6-10-17-13(20)18(11-7-2)15(22)19(14(17)21)12-8-9-16(3,4)5;1-10(2,3)5-4-7-12-8-6-11-9-12;1-10(2,3)9-7-5-4-6-8-9;2*1-5(2,3)4/h6-7H,1-2,8-12H2,3-5H3;9H,4-8H2,1-3H3;4-8H,1-3H3;2*1-4H3. The molecule has 0 saturated heterocycles. The summed E-state index contributed by atoms with van der Waals surface area (Å²) in [5, 5.41) is 0. The van der Waals surface area contributed by atoms with Gasteiger partial charge in [-0.2, -0.15) is 0 Å². The minimum Gasteiger partial charge on any atom is -0.361 e. The molecule has 0 spiro atoms. The Bertz CT molecular complexity index is 1470. The van der Waals surface area contributed by atoms with Gasteiger partial charge in [-0.25, -0.2) is 28.1 Å². The second-order valence-corrected chi connectivity index (χ2v) is 20.8. The van der Waals surface area contributed by atoms with E-state index in [2.05, 4.69) is 171 Å². The van der Waals surface area contributed by atoms with Crippen molar-refractivity contribution in [2.45, 2.75) is 168 Å². The molecule has 1 aromatic heterocycles. The molecule has 0 bridgehead atoms. The number of allylic oxidation sites excluding steroid dienone is 2. The van der Waals surface area contributed by atoms with Gasteiger partial charge in [-0.15, -0.1) is 13.2 Å². The molecule has 1 aromatic carbocycles. The summed E-state index contributed by atoms with van der Waals surface area (Å²) in [6.07, 6.45) is 9.07. The van der Waals surface area contributed by atoms with Gasteiger partial charge < -0.3 is 4.90 Å².